The quantitative estimate of drug-likeness (QED) is 0.771. The number of rotatable bonds is 4. The highest BCUT2D eigenvalue weighted by molar-refractivity contribution is 5.40. The first-order chi connectivity index (χ1) is 7.29. The molecule has 3 N–H and O–H groups in total. The molecule has 2 aromatic heterocycles. The van der Waals surface area contributed by atoms with Crippen LogP contribution in [0.25, 0.3) is 11.6 Å². The Morgan fingerprint density at radius 2 is 2.47 bits per heavy atom. The van der Waals surface area contributed by atoms with E-state index in [0.717, 1.165) is 6.42 Å². The number of nitrogens with one attached hydrogen (secondary N) is 1. The molecule has 0 aliphatic rings. The van der Waals surface area contributed by atoms with Crippen LogP contribution in [0.4, 0.5) is 0 Å². The molecule has 2 heterocycles. The molecule has 0 fully saturated rings. The predicted molar refractivity (Wildman–Crippen MR) is 53.9 cm³/mol. The van der Waals surface area contributed by atoms with Crippen LogP contribution >= 0.6 is 0 Å². The largest absolute Gasteiger partial charge is 0.342 e. The molecule has 2 aromatic rings. The Morgan fingerprint density at radius 3 is 3.13 bits per heavy atom. The van der Waals surface area contributed by atoms with Gasteiger partial charge in [0.15, 0.2) is 5.82 Å². The predicted octanol–water partition coefficient (Wildman–Crippen LogP) is 0.739. The lowest BCUT2D eigenvalue weighted by molar-refractivity contribution is 0.367. The fourth-order valence-electron chi connectivity index (χ4n) is 1.19. The minimum atomic E-state index is 0.0647. The molecule has 0 spiro atoms. The Kier molecular flexibility index (Phi) is 2.77. The van der Waals surface area contributed by atoms with Gasteiger partial charge in [0.05, 0.1) is 0 Å². The molecule has 0 radical (unpaired) electrons. The SMILES string of the molecule is CCC(N)Cc1nc(-c2ncc[nH]2)no1. The van der Waals surface area contributed by atoms with Crippen molar-refractivity contribution in [2.45, 2.75) is 25.8 Å². The lowest BCUT2D eigenvalue weighted by Gasteiger charge is -2.02. The highest BCUT2D eigenvalue weighted by Crippen LogP contribution is 2.10. The van der Waals surface area contributed by atoms with E-state index in [2.05, 4.69) is 20.1 Å². The first-order valence-electron chi connectivity index (χ1n) is 4.87. The van der Waals surface area contributed by atoms with E-state index in [9.17, 15) is 0 Å². The van der Waals surface area contributed by atoms with Crippen molar-refractivity contribution in [2.24, 2.45) is 5.73 Å². The molecule has 0 aromatic carbocycles. The average Bonchev–Trinajstić information content (AvgIpc) is 2.85. The zero-order valence-corrected chi connectivity index (χ0v) is 8.47. The van der Waals surface area contributed by atoms with Crippen LogP contribution in [0.15, 0.2) is 16.9 Å². The van der Waals surface area contributed by atoms with Crippen LogP contribution in [0.1, 0.15) is 19.2 Å². The molecule has 15 heavy (non-hydrogen) atoms. The van der Waals surface area contributed by atoms with Gasteiger partial charge in [-0.3, -0.25) is 0 Å². The first-order valence-corrected chi connectivity index (χ1v) is 4.87. The lowest BCUT2D eigenvalue weighted by atomic mass is 10.2. The number of imidazole rings is 1. The van der Waals surface area contributed by atoms with Gasteiger partial charge < -0.3 is 15.2 Å². The van der Waals surface area contributed by atoms with Gasteiger partial charge in [-0.05, 0) is 6.42 Å². The summed E-state index contributed by atoms with van der Waals surface area (Å²) in [5.74, 6) is 1.63. The maximum Gasteiger partial charge on any atom is 0.238 e. The fourth-order valence-corrected chi connectivity index (χ4v) is 1.19. The summed E-state index contributed by atoms with van der Waals surface area (Å²) in [4.78, 5) is 11.1. The number of aromatic amines is 1. The molecule has 0 saturated carbocycles. The van der Waals surface area contributed by atoms with E-state index in [1.807, 2.05) is 6.92 Å². The summed E-state index contributed by atoms with van der Waals surface area (Å²) in [6, 6.07) is 0.0647. The molecule has 0 amide bonds. The van der Waals surface area contributed by atoms with Gasteiger partial charge in [0, 0.05) is 24.9 Å². The van der Waals surface area contributed by atoms with Crippen molar-refractivity contribution in [3.05, 3.63) is 18.3 Å². The molecular weight excluding hydrogens is 194 g/mol. The van der Waals surface area contributed by atoms with Crippen LogP contribution in [-0.2, 0) is 6.42 Å². The minimum Gasteiger partial charge on any atom is -0.342 e. The summed E-state index contributed by atoms with van der Waals surface area (Å²) in [7, 11) is 0. The maximum absolute atomic E-state index is 5.78. The van der Waals surface area contributed by atoms with Gasteiger partial charge in [0.1, 0.15) is 0 Å². The third-order valence-electron chi connectivity index (χ3n) is 2.14. The molecule has 2 rings (SSSR count). The van der Waals surface area contributed by atoms with Gasteiger partial charge in [-0.2, -0.15) is 4.98 Å². The summed E-state index contributed by atoms with van der Waals surface area (Å²) in [5, 5.41) is 3.81. The Balaban J connectivity index is 2.11. The highest BCUT2D eigenvalue weighted by Gasteiger charge is 2.12. The summed E-state index contributed by atoms with van der Waals surface area (Å²) in [6.07, 6.45) is 4.84. The van der Waals surface area contributed by atoms with Gasteiger partial charge in [-0.25, -0.2) is 4.98 Å². The van der Waals surface area contributed by atoms with Crippen molar-refractivity contribution < 1.29 is 4.52 Å². The smallest absolute Gasteiger partial charge is 0.238 e. The second kappa shape index (κ2) is 4.22. The molecule has 0 aliphatic carbocycles. The van der Waals surface area contributed by atoms with E-state index in [1.54, 1.807) is 12.4 Å². The maximum atomic E-state index is 5.78. The molecule has 6 nitrogen and oxygen atoms in total. The molecule has 80 valence electrons. The van der Waals surface area contributed by atoms with E-state index < -0.39 is 0 Å². The van der Waals surface area contributed by atoms with Crippen molar-refractivity contribution in [1.82, 2.24) is 20.1 Å². The first kappa shape index (κ1) is 9.85. The van der Waals surface area contributed by atoms with Crippen molar-refractivity contribution in [2.75, 3.05) is 0 Å². The summed E-state index contributed by atoms with van der Waals surface area (Å²) < 4.78 is 5.06. The average molecular weight is 207 g/mol. The minimum absolute atomic E-state index is 0.0647. The van der Waals surface area contributed by atoms with E-state index in [0.29, 0.717) is 24.0 Å². The molecule has 0 aliphatic heterocycles. The van der Waals surface area contributed by atoms with E-state index in [4.69, 9.17) is 10.3 Å². The Bertz CT molecular complexity index is 408. The number of hydrogen-bond donors (Lipinski definition) is 2. The van der Waals surface area contributed by atoms with Crippen LogP contribution in [0, 0.1) is 0 Å². The summed E-state index contributed by atoms with van der Waals surface area (Å²) in [5.41, 5.74) is 5.78. The summed E-state index contributed by atoms with van der Waals surface area (Å²) in [6.45, 7) is 2.02. The van der Waals surface area contributed by atoms with Crippen LogP contribution in [0.5, 0.6) is 0 Å². The summed E-state index contributed by atoms with van der Waals surface area (Å²) >= 11 is 0. The molecule has 0 bridgehead atoms. The Hall–Kier alpha value is -1.69. The molecule has 1 unspecified atom stereocenters. The van der Waals surface area contributed by atoms with Crippen LogP contribution in [0.3, 0.4) is 0 Å². The third-order valence-corrected chi connectivity index (χ3v) is 2.14. The second-order valence-electron chi connectivity index (χ2n) is 3.32. The normalized spacial score (nSPS) is 12.9. The fraction of sp³-hybridized carbons (Fsp3) is 0.444. The van der Waals surface area contributed by atoms with Gasteiger partial charge in [-0.1, -0.05) is 12.1 Å². The van der Waals surface area contributed by atoms with E-state index in [-0.39, 0.29) is 6.04 Å². The second-order valence-corrected chi connectivity index (χ2v) is 3.32. The van der Waals surface area contributed by atoms with Gasteiger partial charge >= 0.3 is 0 Å². The number of H-pyrrole nitrogens is 1. The Morgan fingerprint density at radius 1 is 1.60 bits per heavy atom. The van der Waals surface area contributed by atoms with Crippen LogP contribution in [-0.4, -0.2) is 26.2 Å². The Labute approximate surface area is 86.9 Å². The topological polar surface area (TPSA) is 93.6 Å². The van der Waals surface area contributed by atoms with Crippen molar-refractivity contribution in [3.63, 3.8) is 0 Å². The zero-order chi connectivity index (χ0) is 10.7. The van der Waals surface area contributed by atoms with Crippen LogP contribution in [0.2, 0.25) is 0 Å². The number of nitrogens with zero attached hydrogens (tertiary/aromatic N) is 3. The third kappa shape index (κ3) is 2.21. The monoisotopic (exact) mass is 207 g/mol. The number of hydrogen-bond acceptors (Lipinski definition) is 5. The van der Waals surface area contributed by atoms with E-state index in [1.165, 1.54) is 0 Å². The van der Waals surface area contributed by atoms with Gasteiger partial charge in [-0.15, -0.1) is 0 Å². The molecule has 6 heteroatoms. The zero-order valence-electron chi connectivity index (χ0n) is 8.47. The van der Waals surface area contributed by atoms with Crippen molar-refractivity contribution >= 4 is 0 Å². The highest BCUT2D eigenvalue weighted by atomic mass is 16.5. The van der Waals surface area contributed by atoms with Crippen molar-refractivity contribution in [1.29, 1.82) is 0 Å². The van der Waals surface area contributed by atoms with Crippen LogP contribution < -0.4 is 5.73 Å². The lowest BCUT2D eigenvalue weighted by Crippen LogP contribution is -2.21. The number of nitrogens with two attached hydrogens (primary N) is 1. The molecular formula is C9H13N5O. The molecule has 1 atom stereocenters. The van der Waals surface area contributed by atoms with Crippen molar-refractivity contribution in [3.8, 4) is 11.6 Å². The van der Waals surface area contributed by atoms with E-state index >= 15 is 0 Å². The molecule has 0 saturated heterocycles. The number of aromatic nitrogens is 4. The van der Waals surface area contributed by atoms with Gasteiger partial charge in [0.25, 0.3) is 0 Å². The van der Waals surface area contributed by atoms with Gasteiger partial charge in [0.2, 0.25) is 11.7 Å². The standard InChI is InChI=1S/C9H13N5O/c1-2-6(10)5-7-13-9(14-15-7)8-11-3-4-12-8/h3-4,6H,2,5,10H2,1H3,(H,11,12).